The number of unbranched alkanes of at least 4 members (excludes halogenated alkanes) is 1. The van der Waals surface area contributed by atoms with E-state index in [1.54, 1.807) is 24.3 Å². The third-order valence-electron chi connectivity index (χ3n) is 7.15. The summed E-state index contributed by atoms with van der Waals surface area (Å²) in [6.45, 7) is 3.25. The number of esters is 2. The first kappa shape index (κ1) is 32.1. The number of benzene rings is 3. The normalized spacial score (nSPS) is 13.8. The molecular formula is C32H36BrCl2N3O4. The fraction of sp³-hybridized carbons (Fsp3) is 0.375. The van der Waals surface area contributed by atoms with Gasteiger partial charge in [-0.2, -0.15) is 0 Å². The number of nitrogens with one attached hydrogen (secondary N) is 1. The molecule has 1 heterocycles. The number of hydrogen-bond donors (Lipinski definition) is 2. The van der Waals surface area contributed by atoms with Crippen molar-refractivity contribution in [2.45, 2.75) is 51.5 Å². The monoisotopic (exact) mass is 675 g/mol. The van der Waals surface area contributed by atoms with Crippen LogP contribution in [-0.2, 0) is 27.2 Å². The van der Waals surface area contributed by atoms with Crippen LogP contribution in [0.4, 0.5) is 17.1 Å². The minimum Gasteiger partial charge on any atom is -0.465 e. The Kier molecular flexibility index (Phi) is 12.4. The maximum absolute atomic E-state index is 12.8. The Balaban J connectivity index is 1.20. The topological polar surface area (TPSA) is 93.9 Å². The van der Waals surface area contributed by atoms with Crippen LogP contribution < -0.4 is 11.1 Å². The van der Waals surface area contributed by atoms with Crippen molar-refractivity contribution < 1.29 is 19.1 Å². The molecular weight excluding hydrogens is 641 g/mol. The highest BCUT2D eigenvalue weighted by Gasteiger charge is 2.17. The molecule has 1 aliphatic heterocycles. The highest BCUT2D eigenvalue weighted by atomic mass is 79.9. The van der Waals surface area contributed by atoms with Crippen molar-refractivity contribution in [1.82, 2.24) is 4.90 Å². The van der Waals surface area contributed by atoms with Gasteiger partial charge in [0.05, 0.1) is 46.6 Å². The van der Waals surface area contributed by atoms with Gasteiger partial charge in [0.1, 0.15) is 0 Å². The molecule has 42 heavy (non-hydrogen) atoms. The molecule has 4 rings (SSSR count). The van der Waals surface area contributed by atoms with Gasteiger partial charge in [-0.1, -0.05) is 60.3 Å². The summed E-state index contributed by atoms with van der Waals surface area (Å²) in [5.41, 5.74) is 10.4. The van der Waals surface area contributed by atoms with E-state index in [0.29, 0.717) is 50.8 Å². The van der Waals surface area contributed by atoms with Crippen molar-refractivity contribution in [2.75, 3.05) is 37.4 Å². The molecule has 224 valence electrons. The van der Waals surface area contributed by atoms with E-state index in [1.807, 2.05) is 30.3 Å². The first-order chi connectivity index (χ1) is 20.3. The average Bonchev–Trinajstić information content (AvgIpc) is 3.24. The second-order valence-electron chi connectivity index (χ2n) is 10.3. The zero-order valence-electron chi connectivity index (χ0n) is 23.5. The van der Waals surface area contributed by atoms with E-state index >= 15 is 0 Å². The van der Waals surface area contributed by atoms with E-state index < -0.39 is 5.97 Å². The van der Waals surface area contributed by atoms with Gasteiger partial charge in [-0.05, 0) is 96.2 Å². The van der Waals surface area contributed by atoms with Crippen molar-refractivity contribution in [1.29, 1.82) is 0 Å². The minimum absolute atomic E-state index is 0.0893. The summed E-state index contributed by atoms with van der Waals surface area (Å²) in [5, 5.41) is 4.19. The van der Waals surface area contributed by atoms with Gasteiger partial charge in [-0.15, -0.1) is 0 Å². The first-order valence-corrected chi connectivity index (χ1v) is 15.8. The zero-order valence-corrected chi connectivity index (χ0v) is 26.6. The standard InChI is InChI=1S/C32H36BrCl2N3O4/c33-25-19-23(18-24(30(25)36)21-38-14-5-1-2-6-15-38)32(40)42-17-8-7-16-41-29(39)20-22-10-3-4-13-28(22)37-31-26(34)11-9-12-27(31)35/h3-4,9-13,18-19,37H,1-2,5-8,14-17,20-21,36H2. The summed E-state index contributed by atoms with van der Waals surface area (Å²) in [4.78, 5) is 27.7. The van der Waals surface area contributed by atoms with Gasteiger partial charge in [-0.25, -0.2) is 4.79 Å². The number of anilines is 3. The number of ether oxygens (including phenoxy) is 2. The lowest BCUT2D eigenvalue weighted by Crippen LogP contribution is -2.24. The zero-order chi connectivity index (χ0) is 29.9. The average molecular weight is 677 g/mol. The molecule has 1 saturated heterocycles. The van der Waals surface area contributed by atoms with E-state index in [1.165, 1.54) is 25.7 Å². The van der Waals surface area contributed by atoms with Crippen LogP contribution in [-0.4, -0.2) is 43.1 Å². The van der Waals surface area contributed by atoms with Gasteiger partial charge in [0.2, 0.25) is 0 Å². The molecule has 0 amide bonds. The molecule has 7 nitrogen and oxygen atoms in total. The number of halogens is 3. The van der Waals surface area contributed by atoms with Gasteiger partial charge in [-0.3, -0.25) is 9.69 Å². The Morgan fingerprint density at radius 3 is 2.26 bits per heavy atom. The number of nitrogens with two attached hydrogens (primary N) is 1. The summed E-state index contributed by atoms with van der Waals surface area (Å²) in [7, 11) is 0. The predicted molar refractivity (Wildman–Crippen MR) is 173 cm³/mol. The number of nitrogen functional groups attached to an aromatic ring is 1. The van der Waals surface area contributed by atoms with Crippen LogP contribution in [0, 0.1) is 0 Å². The Labute approximate surface area is 265 Å². The quantitative estimate of drug-likeness (QED) is 0.114. The van der Waals surface area contributed by atoms with Crippen LogP contribution in [0.2, 0.25) is 10.0 Å². The number of carbonyl (C=O) groups excluding carboxylic acids is 2. The molecule has 0 atom stereocenters. The van der Waals surface area contributed by atoms with E-state index in [-0.39, 0.29) is 25.6 Å². The Morgan fingerprint density at radius 2 is 1.55 bits per heavy atom. The summed E-state index contributed by atoms with van der Waals surface area (Å²) >= 11 is 16.1. The summed E-state index contributed by atoms with van der Waals surface area (Å²) in [6.07, 6.45) is 6.10. The lowest BCUT2D eigenvalue weighted by molar-refractivity contribution is -0.143. The van der Waals surface area contributed by atoms with Crippen LogP contribution in [0.15, 0.2) is 59.1 Å². The first-order valence-electron chi connectivity index (χ1n) is 14.2. The van der Waals surface area contributed by atoms with Crippen molar-refractivity contribution in [2.24, 2.45) is 0 Å². The SMILES string of the molecule is Nc1c(Br)cc(C(=O)OCCCCOC(=O)Cc2ccccc2Nc2c(Cl)cccc2Cl)cc1CN1CCCCCC1. The number of rotatable bonds is 12. The summed E-state index contributed by atoms with van der Waals surface area (Å²) in [6, 6.07) is 16.2. The molecule has 0 radical (unpaired) electrons. The molecule has 0 saturated carbocycles. The summed E-state index contributed by atoms with van der Waals surface area (Å²) in [5.74, 6) is -0.747. The molecule has 0 aliphatic carbocycles. The lowest BCUT2D eigenvalue weighted by Gasteiger charge is -2.21. The molecule has 0 aromatic heterocycles. The van der Waals surface area contributed by atoms with Gasteiger partial charge >= 0.3 is 11.9 Å². The smallest absolute Gasteiger partial charge is 0.338 e. The van der Waals surface area contributed by atoms with Crippen molar-refractivity contribution in [3.63, 3.8) is 0 Å². The fourth-order valence-electron chi connectivity index (χ4n) is 4.85. The molecule has 1 fully saturated rings. The van der Waals surface area contributed by atoms with E-state index in [9.17, 15) is 9.59 Å². The van der Waals surface area contributed by atoms with Crippen molar-refractivity contribution >= 4 is 68.1 Å². The van der Waals surface area contributed by atoms with Gasteiger partial charge in [0, 0.05) is 16.7 Å². The predicted octanol–water partition coefficient (Wildman–Crippen LogP) is 8.18. The molecule has 3 aromatic rings. The number of likely N-dealkylation sites (tertiary alicyclic amines) is 1. The van der Waals surface area contributed by atoms with Gasteiger partial charge in [0.15, 0.2) is 0 Å². The summed E-state index contributed by atoms with van der Waals surface area (Å²) < 4.78 is 11.6. The number of para-hydroxylation sites is 2. The molecule has 3 aromatic carbocycles. The maximum Gasteiger partial charge on any atom is 0.338 e. The van der Waals surface area contributed by atoms with Crippen LogP contribution in [0.1, 0.15) is 60.0 Å². The van der Waals surface area contributed by atoms with Crippen LogP contribution in [0.3, 0.4) is 0 Å². The third-order valence-corrected chi connectivity index (χ3v) is 8.44. The lowest BCUT2D eigenvalue weighted by atomic mass is 10.1. The van der Waals surface area contributed by atoms with E-state index in [0.717, 1.165) is 29.9 Å². The molecule has 0 unspecified atom stereocenters. The highest BCUT2D eigenvalue weighted by Crippen LogP contribution is 2.34. The van der Waals surface area contributed by atoms with Crippen LogP contribution in [0.5, 0.6) is 0 Å². The third kappa shape index (κ3) is 9.36. The van der Waals surface area contributed by atoms with Crippen molar-refractivity contribution in [3.05, 3.63) is 85.8 Å². The number of hydrogen-bond acceptors (Lipinski definition) is 7. The van der Waals surface area contributed by atoms with Crippen LogP contribution >= 0.6 is 39.1 Å². The Morgan fingerprint density at radius 1 is 0.881 bits per heavy atom. The Hall–Kier alpha value is -2.78. The van der Waals surface area contributed by atoms with Gasteiger partial charge < -0.3 is 20.5 Å². The molecule has 0 spiro atoms. The second kappa shape index (κ2) is 16.2. The Bertz CT molecular complexity index is 1360. The van der Waals surface area contributed by atoms with Gasteiger partial charge in [0.25, 0.3) is 0 Å². The van der Waals surface area contributed by atoms with Crippen molar-refractivity contribution in [3.8, 4) is 0 Å². The largest absolute Gasteiger partial charge is 0.465 e. The van der Waals surface area contributed by atoms with Crippen LogP contribution in [0.25, 0.3) is 0 Å². The minimum atomic E-state index is -0.396. The highest BCUT2D eigenvalue weighted by molar-refractivity contribution is 9.10. The fourth-order valence-corrected chi connectivity index (χ4v) is 5.85. The molecule has 1 aliphatic rings. The number of carbonyl (C=O) groups is 2. The second-order valence-corrected chi connectivity index (χ2v) is 12.0. The molecule has 0 bridgehead atoms. The van der Waals surface area contributed by atoms with E-state index in [4.69, 9.17) is 38.4 Å². The maximum atomic E-state index is 12.8. The van der Waals surface area contributed by atoms with E-state index in [2.05, 4.69) is 26.1 Å². The number of nitrogens with zero attached hydrogens (tertiary/aromatic N) is 1. The molecule has 3 N–H and O–H groups in total. The molecule has 10 heteroatoms.